The van der Waals surface area contributed by atoms with Gasteiger partial charge in [-0.2, -0.15) is 13.2 Å². The van der Waals surface area contributed by atoms with Gasteiger partial charge >= 0.3 is 12.3 Å². The van der Waals surface area contributed by atoms with Crippen molar-refractivity contribution in [3.05, 3.63) is 29.8 Å². The fourth-order valence-corrected chi connectivity index (χ4v) is 3.43. The molecule has 0 atom stereocenters. The van der Waals surface area contributed by atoms with Crippen LogP contribution in [0, 0.1) is 17.8 Å². The highest BCUT2D eigenvalue weighted by Crippen LogP contribution is 2.31. The lowest BCUT2D eigenvalue weighted by Gasteiger charge is -2.32. The highest BCUT2D eigenvalue weighted by Gasteiger charge is 2.30. The van der Waals surface area contributed by atoms with Crippen LogP contribution in [0.5, 0.6) is 5.75 Å². The molecule has 29 heavy (non-hydrogen) atoms. The lowest BCUT2D eigenvalue weighted by Crippen LogP contribution is -2.41. The molecule has 1 fully saturated rings. The highest BCUT2D eigenvalue weighted by atomic mass is 19.4. The smallest absolute Gasteiger partial charge is 0.410 e. The zero-order valence-electron chi connectivity index (χ0n) is 17.3. The molecule has 0 aliphatic heterocycles. The summed E-state index contributed by atoms with van der Waals surface area (Å²) in [6.07, 6.45) is -0.337. The first kappa shape index (κ1) is 23.1. The quantitative estimate of drug-likeness (QED) is 0.638. The summed E-state index contributed by atoms with van der Waals surface area (Å²) in [5, 5.41) is 0. The van der Waals surface area contributed by atoms with Crippen LogP contribution in [0.2, 0.25) is 0 Å². The Morgan fingerprint density at radius 3 is 2.31 bits per heavy atom. The number of alkyl halides is 3. The molecule has 0 heterocycles. The number of amides is 1. The Morgan fingerprint density at radius 2 is 1.76 bits per heavy atom. The summed E-state index contributed by atoms with van der Waals surface area (Å²) < 4.78 is 43.0. The van der Waals surface area contributed by atoms with Crippen molar-refractivity contribution in [2.45, 2.75) is 51.2 Å². The van der Waals surface area contributed by atoms with Crippen LogP contribution in [0.4, 0.5) is 18.0 Å². The molecule has 1 amide bonds. The number of ether oxygens (including phenoxy) is 1. The maximum absolute atomic E-state index is 12.6. The molecule has 1 aliphatic carbocycles. The van der Waals surface area contributed by atoms with Crippen LogP contribution >= 0.6 is 0 Å². The number of hydrogen-bond acceptors (Lipinski definition) is 3. The summed E-state index contributed by atoms with van der Waals surface area (Å²) in [7, 11) is 3.73. The monoisotopic (exact) mass is 410 g/mol. The minimum absolute atomic E-state index is 0.0535. The molecule has 0 N–H and O–H groups in total. The van der Waals surface area contributed by atoms with Gasteiger partial charge in [0.2, 0.25) is 0 Å². The summed E-state index contributed by atoms with van der Waals surface area (Å²) >= 11 is 0. The first-order chi connectivity index (χ1) is 13.7. The molecule has 0 bridgehead atoms. The van der Waals surface area contributed by atoms with Crippen LogP contribution in [0.3, 0.4) is 0 Å². The van der Waals surface area contributed by atoms with Gasteiger partial charge in [0, 0.05) is 19.0 Å². The fourth-order valence-electron chi connectivity index (χ4n) is 3.43. The Balaban J connectivity index is 1.80. The normalized spacial score (nSPS) is 19.4. The minimum atomic E-state index is -4.41. The molecule has 0 unspecified atom stereocenters. The molecule has 0 spiro atoms. The topological polar surface area (TPSA) is 32.8 Å². The van der Waals surface area contributed by atoms with Crippen LogP contribution in [0.1, 0.15) is 44.6 Å². The number of carbonyl (C=O) groups is 1. The van der Waals surface area contributed by atoms with E-state index in [1.807, 2.05) is 0 Å². The predicted molar refractivity (Wildman–Crippen MR) is 107 cm³/mol. The fraction of sp³-hybridized carbons (Fsp3) is 0.591. The lowest BCUT2D eigenvalue weighted by atomic mass is 9.86. The molecule has 160 valence electrons. The summed E-state index contributed by atoms with van der Waals surface area (Å²) in [6.45, 7) is 3.95. The van der Waals surface area contributed by atoms with E-state index in [1.54, 1.807) is 7.05 Å². The van der Waals surface area contributed by atoms with Crippen molar-refractivity contribution in [2.24, 2.45) is 5.92 Å². The molecule has 2 rings (SSSR count). The van der Waals surface area contributed by atoms with Gasteiger partial charge in [0.05, 0.1) is 12.1 Å². The second-order valence-electron chi connectivity index (χ2n) is 7.57. The molecule has 0 radical (unpaired) electrons. The maximum atomic E-state index is 12.6. The van der Waals surface area contributed by atoms with Crippen LogP contribution in [-0.4, -0.2) is 49.1 Å². The number of halogens is 3. The van der Waals surface area contributed by atoms with Gasteiger partial charge in [0.1, 0.15) is 5.75 Å². The Hall–Kier alpha value is -2.20. The zero-order chi connectivity index (χ0) is 21.4. The van der Waals surface area contributed by atoms with Crippen molar-refractivity contribution in [2.75, 3.05) is 27.2 Å². The first-order valence-electron chi connectivity index (χ1n) is 9.99. The number of rotatable bonds is 5. The predicted octanol–water partition coefficient (Wildman–Crippen LogP) is 5.04. The van der Waals surface area contributed by atoms with E-state index in [-0.39, 0.29) is 11.8 Å². The van der Waals surface area contributed by atoms with Gasteiger partial charge in [-0.25, -0.2) is 4.79 Å². The lowest BCUT2D eigenvalue weighted by molar-refractivity contribution is -0.137. The Morgan fingerprint density at radius 1 is 1.14 bits per heavy atom. The van der Waals surface area contributed by atoms with E-state index < -0.39 is 17.8 Å². The third-order valence-electron chi connectivity index (χ3n) is 5.18. The molecule has 1 saturated carbocycles. The van der Waals surface area contributed by atoms with Crippen molar-refractivity contribution >= 4 is 6.09 Å². The van der Waals surface area contributed by atoms with Gasteiger partial charge in [0.25, 0.3) is 0 Å². The SMILES string of the molecule is CCCN(C)CC#CC1CCC(N(C)C(=O)Oc2ccc(C(F)(F)F)cc2)CC1. The van der Waals surface area contributed by atoms with Crippen molar-refractivity contribution in [1.82, 2.24) is 9.80 Å². The van der Waals surface area contributed by atoms with Crippen molar-refractivity contribution in [3.63, 3.8) is 0 Å². The van der Waals surface area contributed by atoms with E-state index in [0.717, 1.165) is 69.5 Å². The Labute approximate surface area is 171 Å². The van der Waals surface area contributed by atoms with Crippen molar-refractivity contribution < 1.29 is 22.7 Å². The van der Waals surface area contributed by atoms with Crippen LogP contribution in [0.15, 0.2) is 24.3 Å². The van der Waals surface area contributed by atoms with Crippen LogP contribution < -0.4 is 4.74 Å². The summed E-state index contributed by atoms with van der Waals surface area (Å²) in [5.74, 6) is 7.03. The molecular formula is C22H29F3N2O2. The van der Waals surface area contributed by atoms with E-state index in [4.69, 9.17) is 4.74 Å². The van der Waals surface area contributed by atoms with Crippen molar-refractivity contribution in [1.29, 1.82) is 0 Å². The van der Waals surface area contributed by atoms with E-state index in [2.05, 4.69) is 30.7 Å². The number of hydrogen-bond donors (Lipinski definition) is 0. The standard InChI is InChI=1S/C22H29F3N2O2/c1-4-15-26(2)16-5-6-17-7-11-19(12-8-17)27(3)21(28)29-20-13-9-18(10-14-20)22(23,24)25/h9-10,13-14,17,19H,4,7-8,11-12,15-16H2,1-3H3. The molecule has 1 aromatic rings. The average molecular weight is 410 g/mol. The van der Waals surface area contributed by atoms with Gasteiger partial charge in [-0.3, -0.25) is 4.90 Å². The third-order valence-corrected chi connectivity index (χ3v) is 5.18. The van der Waals surface area contributed by atoms with E-state index >= 15 is 0 Å². The Bertz CT molecular complexity index is 714. The Kier molecular flexibility index (Phi) is 8.39. The number of carbonyl (C=O) groups excluding carboxylic acids is 1. The van der Waals surface area contributed by atoms with E-state index in [9.17, 15) is 18.0 Å². The molecule has 7 heteroatoms. The summed E-state index contributed by atoms with van der Waals surface area (Å²) in [4.78, 5) is 16.1. The highest BCUT2D eigenvalue weighted by molar-refractivity contribution is 5.70. The number of benzene rings is 1. The second-order valence-corrected chi connectivity index (χ2v) is 7.57. The largest absolute Gasteiger partial charge is 0.416 e. The molecule has 1 aromatic carbocycles. The molecular weight excluding hydrogens is 381 g/mol. The zero-order valence-corrected chi connectivity index (χ0v) is 17.3. The summed E-state index contributed by atoms with van der Waals surface area (Å²) in [5.41, 5.74) is -0.772. The second kappa shape index (κ2) is 10.5. The minimum Gasteiger partial charge on any atom is -0.410 e. The number of nitrogens with zero attached hydrogens (tertiary/aromatic N) is 2. The summed E-state index contributed by atoms with van der Waals surface area (Å²) in [6, 6.07) is 4.19. The van der Waals surface area contributed by atoms with E-state index in [1.165, 1.54) is 4.90 Å². The average Bonchev–Trinajstić information content (AvgIpc) is 2.68. The molecule has 1 aliphatic rings. The maximum Gasteiger partial charge on any atom is 0.416 e. The van der Waals surface area contributed by atoms with Gasteiger partial charge in [-0.1, -0.05) is 18.8 Å². The van der Waals surface area contributed by atoms with Gasteiger partial charge in [-0.15, -0.1) is 0 Å². The first-order valence-corrected chi connectivity index (χ1v) is 9.99. The van der Waals surface area contributed by atoms with Crippen molar-refractivity contribution in [3.8, 4) is 17.6 Å². The van der Waals surface area contributed by atoms with Crippen LogP contribution in [0.25, 0.3) is 0 Å². The van der Waals surface area contributed by atoms with Gasteiger partial charge in [-0.05, 0) is 70.0 Å². The van der Waals surface area contributed by atoms with E-state index in [0.29, 0.717) is 5.92 Å². The third kappa shape index (κ3) is 7.28. The van der Waals surface area contributed by atoms with Gasteiger partial charge in [0.15, 0.2) is 0 Å². The van der Waals surface area contributed by atoms with Gasteiger partial charge < -0.3 is 9.64 Å². The molecule has 0 aromatic heterocycles. The molecule has 4 nitrogen and oxygen atoms in total. The van der Waals surface area contributed by atoms with Crippen LogP contribution in [-0.2, 0) is 6.18 Å². The molecule has 0 saturated heterocycles.